The van der Waals surface area contributed by atoms with Gasteiger partial charge in [-0.25, -0.2) is 8.42 Å². The van der Waals surface area contributed by atoms with E-state index in [0.717, 1.165) is 16.5 Å². The predicted octanol–water partition coefficient (Wildman–Crippen LogP) is 2.34. The highest BCUT2D eigenvalue weighted by Crippen LogP contribution is 2.21. The molecule has 0 amide bonds. The highest BCUT2D eigenvalue weighted by molar-refractivity contribution is 7.90. The number of rotatable bonds is 5. The summed E-state index contributed by atoms with van der Waals surface area (Å²) < 4.78 is 22.4. The lowest BCUT2D eigenvalue weighted by Crippen LogP contribution is -2.32. The van der Waals surface area contributed by atoms with Gasteiger partial charge in [0.25, 0.3) is 0 Å². The van der Waals surface area contributed by atoms with E-state index in [0.29, 0.717) is 11.6 Å². The minimum Gasteiger partial charge on any atom is -0.361 e. The number of aromatic nitrogens is 1. The maximum absolute atomic E-state index is 11.2. The van der Waals surface area contributed by atoms with Crippen LogP contribution in [0.1, 0.15) is 12.5 Å². The largest absolute Gasteiger partial charge is 0.361 e. The topological polar surface area (TPSA) is 62.0 Å². The summed E-state index contributed by atoms with van der Waals surface area (Å²) in [6, 6.07) is 5.61. The average Bonchev–Trinajstić information content (AvgIpc) is 2.66. The van der Waals surface area contributed by atoms with E-state index in [1.807, 2.05) is 31.3 Å². The standard InChI is InChI=1S/C13H17ClN2O2S/c1-9(8-19(2,17)18)15-6-10-7-16-13-5-11(14)3-4-12(10)13/h3-5,7,9,15-16H,6,8H2,1-2H3. The molecule has 2 rings (SSSR count). The number of aromatic amines is 1. The number of benzene rings is 1. The third-order valence-electron chi connectivity index (χ3n) is 2.92. The van der Waals surface area contributed by atoms with E-state index >= 15 is 0 Å². The van der Waals surface area contributed by atoms with Crippen molar-refractivity contribution >= 4 is 32.3 Å². The fraction of sp³-hybridized carbons (Fsp3) is 0.385. The van der Waals surface area contributed by atoms with Gasteiger partial charge >= 0.3 is 0 Å². The molecular formula is C13H17ClN2O2S. The van der Waals surface area contributed by atoms with Gasteiger partial charge in [-0.05, 0) is 24.6 Å². The molecule has 2 aromatic rings. The zero-order valence-corrected chi connectivity index (χ0v) is 12.5. The first-order valence-electron chi connectivity index (χ1n) is 6.02. The monoisotopic (exact) mass is 300 g/mol. The second-order valence-electron chi connectivity index (χ2n) is 4.88. The molecule has 0 spiro atoms. The third kappa shape index (κ3) is 3.96. The molecule has 2 N–H and O–H groups in total. The highest BCUT2D eigenvalue weighted by atomic mass is 35.5. The summed E-state index contributed by atoms with van der Waals surface area (Å²) in [5, 5.41) is 5.01. The van der Waals surface area contributed by atoms with Crippen LogP contribution >= 0.6 is 11.6 Å². The number of sulfone groups is 1. The van der Waals surface area contributed by atoms with Gasteiger partial charge in [0.05, 0.1) is 5.75 Å². The molecule has 1 unspecified atom stereocenters. The van der Waals surface area contributed by atoms with E-state index in [1.165, 1.54) is 6.26 Å². The lowest BCUT2D eigenvalue weighted by molar-refractivity contribution is 0.561. The minimum absolute atomic E-state index is 0.0766. The molecule has 0 saturated carbocycles. The smallest absolute Gasteiger partial charge is 0.148 e. The van der Waals surface area contributed by atoms with E-state index < -0.39 is 9.84 Å². The first kappa shape index (κ1) is 14.4. The van der Waals surface area contributed by atoms with Gasteiger partial charge < -0.3 is 10.3 Å². The van der Waals surface area contributed by atoms with Crippen molar-refractivity contribution in [3.05, 3.63) is 35.0 Å². The zero-order valence-electron chi connectivity index (χ0n) is 10.9. The van der Waals surface area contributed by atoms with Crippen LogP contribution < -0.4 is 5.32 Å². The molecule has 0 saturated heterocycles. The average molecular weight is 301 g/mol. The predicted molar refractivity (Wildman–Crippen MR) is 79.3 cm³/mol. The van der Waals surface area contributed by atoms with Gasteiger partial charge in [-0.15, -0.1) is 0 Å². The van der Waals surface area contributed by atoms with Gasteiger partial charge in [0.1, 0.15) is 9.84 Å². The lowest BCUT2D eigenvalue weighted by atomic mass is 10.1. The van der Waals surface area contributed by atoms with Crippen LogP contribution in [0.5, 0.6) is 0 Å². The molecule has 1 aromatic carbocycles. The Morgan fingerprint density at radius 2 is 2.16 bits per heavy atom. The van der Waals surface area contributed by atoms with Crippen LogP contribution in [0.3, 0.4) is 0 Å². The van der Waals surface area contributed by atoms with Crippen molar-refractivity contribution in [3.63, 3.8) is 0 Å². The van der Waals surface area contributed by atoms with E-state index in [1.54, 1.807) is 0 Å². The number of hydrogen-bond acceptors (Lipinski definition) is 3. The first-order chi connectivity index (χ1) is 8.85. The Kier molecular flexibility index (Phi) is 4.18. The van der Waals surface area contributed by atoms with Crippen molar-refractivity contribution < 1.29 is 8.42 Å². The molecular weight excluding hydrogens is 284 g/mol. The summed E-state index contributed by atoms with van der Waals surface area (Å²) >= 11 is 5.93. The van der Waals surface area contributed by atoms with Crippen LogP contribution in [0.25, 0.3) is 10.9 Å². The molecule has 1 aromatic heterocycles. The Balaban J connectivity index is 2.06. The van der Waals surface area contributed by atoms with Gasteiger partial charge in [0.15, 0.2) is 0 Å². The van der Waals surface area contributed by atoms with Crippen LogP contribution in [0.4, 0.5) is 0 Å². The Bertz CT molecular complexity index is 679. The summed E-state index contributed by atoms with van der Waals surface area (Å²) in [6.45, 7) is 2.49. The molecule has 0 aliphatic heterocycles. The van der Waals surface area contributed by atoms with Gasteiger partial charge in [0, 0.05) is 41.0 Å². The second-order valence-corrected chi connectivity index (χ2v) is 7.50. The summed E-state index contributed by atoms with van der Waals surface area (Å²) in [4.78, 5) is 3.16. The van der Waals surface area contributed by atoms with Crippen molar-refractivity contribution in [1.29, 1.82) is 0 Å². The summed E-state index contributed by atoms with van der Waals surface area (Å²) in [5.41, 5.74) is 2.09. The van der Waals surface area contributed by atoms with Crippen LogP contribution in [-0.4, -0.2) is 31.5 Å². The Hall–Kier alpha value is -1.04. The van der Waals surface area contributed by atoms with Crippen LogP contribution in [-0.2, 0) is 16.4 Å². The third-order valence-corrected chi connectivity index (χ3v) is 4.26. The summed E-state index contributed by atoms with van der Waals surface area (Å²) in [5.74, 6) is 0.140. The van der Waals surface area contributed by atoms with Crippen molar-refractivity contribution in [2.24, 2.45) is 0 Å². The van der Waals surface area contributed by atoms with Gasteiger partial charge in [-0.3, -0.25) is 0 Å². The normalized spacial score (nSPS) is 13.8. The number of fused-ring (bicyclic) bond motifs is 1. The van der Waals surface area contributed by atoms with Crippen molar-refractivity contribution in [2.45, 2.75) is 19.5 Å². The maximum atomic E-state index is 11.2. The minimum atomic E-state index is -2.95. The number of hydrogen-bond donors (Lipinski definition) is 2. The molecule has 104 valence electrons. The molecule has 0 fully saturated rings. The second kappa shape index (κ2) is 5.53. The molecule has 0 bridgehead atoms. The molecule has 1 heterocycles. The zero-order chi connectivity index (χ0) is 14.0. The first-order valence-corrected chi connectivity index (χ1v) is 8.45. The lowest BCUT2D eigenvalue weighted by Gasteiger charge is -2.12. The molecule has 0 aliphatic carbocycles. The Morgan fingerprint density at radius 3 is 2.84 bits per heavy atom. The fourth-order valence-electron chi connectivity index (χ4n) is 2.10. The maximum Gasteiger partial charge on any atom is 0.148 e. The summed E-state index contributed by atoms with van der Waals surface area (Å²) in [7, 11) is -2.95. The Labute approximate surface area is 118 Å². The Morgan fingerprint density at radius 1 is 1.42 bits per heavy atom. The molecule has 1 atom stereocenters. The van der Waals surface area contributed by atoms with Gasteiger partial charge in [-0.2, -0.15) is 0 Å². The van der Waals surface area contributed by atoms with E-state index in [2.05, 4.69) is 10.3 Å². The fourth-order valence-corrected chi connectivity index (χ4v) is 3.30. The molecule has 19 heavy (non-hydrogen) atoms. The number of H-pyrrole nitrogens is 1. The number of halogens is 1. The van der Waals surface area contributed by atoms with Crippen LogP contribution in [0.2, 0.25) is 5.02 Å². The SMILES string of the molecule is CC(CS(C)(=O)=O)NCc1c[nH]c2cc(Cl)ccc12. The van der Waals surface area contributed by atoms with Crippen LogP contribution in [0.15, 0.2) is 24.4 Å². The van der Waals surface area contributed by atoms with Crippen molar-refractivity contribution in [3.8, 4) is 0 Å². The number of nitrogens with one attached hydrogen (secondary N) is 2. The molecule has 4 nitrogen and oxygen atoms in total. The van der Waals surface area contributed by atoms with Crippen molar-refractivity contribution in [2.75, 3.05) is 12.0 Å². The highest BCUT2D eigenvalue weighted by Gasteiger charge is 2.11. The van der Waals surface area contributed by atoms with Gasteiger partial charge in [0.2, 0.25) is 0 Å². The van der Waals surface area contributed by atoms with E-state index in [-0.39, 0.29) is 11.8 Å². The van der Waals surface area contributed by atoms with E-state index in [9.17, 15) is 8.42 Å². The quantitative estimate of drug-likeness (QED) is 0.891. The van der Waals surface area contributed by atoms with Crippen LogP contribution in [0, 0.1) is 0 Å². The van der Waals surface area contributed by atoms with Gasteiger partial charge in [-0.1, -0.05) is 17.7 Å². The molecule has 6 heteroatoms. The summed E-state index contributed by atoms with van der Waals surface area (Å²) in [6.07, 6.45) is 3.17. The molecule has 0 radical (unpaired) electrons. The molecule has 0 aliphatic rings. The van der Waals surface area contributed by atoms with Crippen molar-refractivity contribution in [1.82, 2.24) is 10.3 Å². The van der Waals surface area contributed by atoms with E-state index in [4.69, 9.17) is 11.6 Å².